The third-order valence-electron chi connectivity index (χ3n) is 4.83. The number of aryl methyl sites for hydroxylation is 1. The van der Waals surface area contributed by atoms with Crippen molar-refractivity contribution in [3.8, 4) is 17.2 Å². The van der Waals surface area contributed by atoms with Crippen LogP contribution in [0.3, 0.4) is 0 Å². The van der Waals surface area contributed by atoms with E-state index in [0.29, 0.717) is 28.4 Å². The number of nitrogens with zero attached hydrogens (tertiary/aromatic N) is 3. The predicted molar refractivity (Wildman–Crippen MR) is 125 cm³/mol. The van der Waals surface area contributed by atoms with Crippen LogP contribution in [0.25, 0.3) is 21.3 Å². The van der Waals surface area contributed by atoms with Crippen molar-refractivity contribution in [2.24, 2.45) is 0 Å². The van der Waals surface area contributed by atoms with Crippen LogP contribution in [0.5, 0.6) is 0 Å². The van der Waals surface area contributed by atoms with Crippen LogP contribution in [0.15, 0.2) is 76.5 Å². The Kier molecular flexibility index (Phi) is 5.84. The van der Waals surface area contributed by atoms with Gasteiger partial charge < -0.3 is 0 Å². The van der Waals surface area contributed by atoms with Gasteiger partial charge in [0.05, 0.1) is 17.0 Å². The molecule has 0 saturated carbocycles. The summed E-state index contributed by atoms with van der Waals surface area (Å²) in [6.45, 7) is 6.23. The van der Waals surface area contributed by atoms with Crippen molar-refractivity contribution in [2.75, 3.05) is 0 Å². The lowest BCUT2D eigenvalue weighted by Gasteiger charge is -2.11. The number of hydrogen-bond acceptors (Lipinski definition) is 5. The van der Waals surface area contributed by atoms with Gasteiger partial charge in [0.2, 0.25) is 0 Å². The van der Waals surface area contributed by atoms with Gasteiger partial charge in [-0.3, -0.25) is 9.36 Å². The SMILES string of the molecule is C=CCn1c(SCc2ccccc2C#N)nc2scc(-c3ccc(C)cc3)c2c1=O. The molecule has 0 aliphatic heterocycles. The number of nitriles is 1. The normalized spacial score (nSPS) is 10.8. The predicted octanol–water partition coefficient (Wildman–Crippen LogP) is 5.78. The van der Waals surface area contributed by atoms with E-state index in [4.69, 9.17) is 4.98 Å². The molecule has 6 heteroatoms. The fraction of sp³-hybridized carbons (Fsp3) is 0.125. The fourth-order valence-corrected chi connectivity index (χ4v) is 5.25. The molecule has 4 aromatic rings. The molecule has 2 aromatic heterocycles. The van der Waals surface area contributed by atoms with Gasteiger partial charge in [0, 0.05) is 23.2 Å². The number of thiophene rings is 1. The first-order valence-electron chi connectivity index (χ1n) is 9.43. The minimum absolute atomic E-state index is 0.0622. The van der Waals surface area contributed by atoms with E-state index < -0.39 is 0 Å². The van der Waals surface area contributed by atoms with Gasteiger partial charge in [-0.15, -0.1) is 17.9 Å². The summed E-state index contributed by atoms with van der Waals surface area (Å²) in [5.41, 5.74) is 4.61. The molecule has 0 atom stereocenters. The fourth-order valence-electron chi connectivity index (χ4n) is 3.25. The van der Waals surface area contributed by atoms with Gasteiger partial charge in [-0.1, -0.05) is 65.9 Å². The Hall–Kier alpha value is -3.14. The van der Waals surface area contributed by atoms with Crippen LogP contribution >= 0.6 is 23.1 Å². The number of fused-ring (bicyclic) bond motifs is 1. The van der Waals surface area contributed by atoms with Crippen molar-refractivity contribution in [1.82, 2.24) is 9.55 Å². The van der Waals surface area contributed by atoms with E-state index in [1.807, 2.05) is 54.8 Å². The highest BCUT2D eigenvalue weighted by atomic mass is 32.2. The van der Waals surface area contributed by atoms with Crippen LogP contribution < -0.4 is 5.56 Å². The van der Waals surface area contributed by atoms with E-state index in [0.717, 1.165) is 21.5 Å². The molecular formula is C24H19N3OS2. The summed E-state index contributed by atoms with van der Waals surface area (Å²) in [5, 5.41) is 12.6. The van der Waals surface area contributed by atoms with Gasteiger partial charge in [0.25, 0.3) is 5.56 Å². The molecule has 0 N–H and O–H groups in total. The van der Waals surface area contributed by atoms with E-state index in [1.165, 1.54) is 28.7 Å². The molecule has 2 aromatic carbocycles. The zero-order valence-corrected chi connectivity index (χ0v) is 18.1. The Morgan fingerprint density at radius 1 is 1.23 bits per heavy atom. The van der Waals surface area contributed by atoms with Crippen LogP contribution in [-0.2, 0) is 12.3 Å². The maximum atomic E-state index is 13.4. The van der Waals surface area contributed by atoms with E-state index in [-0.39, 0.29) is 5.56 Å². The first-order chi connectivity index (χ1) is 14.6. The molecule has 0 saturated heterocycles. The van der Waals surface area contributed by atoms with Crippen LogP contribution in [0.2, 0.25) is 0 Å². The number of thioether (sulfide) groups is 1. The summed E-state index contributed by atoms with van der Waals surface area (Å²) >= 11 is 2.95. The standard InChI is InChI=1S/C24H19N3OS2/c1-3-12-27-23(28)21-20(17-10-8-16(2)9-11-17)15-29-22(21)26-24(27)30-14-19-7-5-4-6-18(19)13-25/h3-11,15H,1,12,14H2,2H3. The first-order valence-corrected chi connectivity index (χ1v) is 11.3. The third-order valence-corrected chi connectivity index (χ3v) is 6.72. The van der Waals surface area contributed by atoms with Crippen LogP contribution in [0.4, 0.5) is 0 Å². The van der Waals surface area contributed by atoms with E-state index in [1.54, 1.807) is 16.7 Å². The van der Waals surface area contributed by atoms with Crippen molar-refractivity contribution in [2.45, 2.75) is 24.4 Å². The molecule has 4 rings (SSSR count). The largest absolute Gasteiger partial charge is 0.283 e. The molecule has 0 aliphatic carbocycles. The summed E-state index contributed by atoms with van der Waals surface area (Å²) < 4.78 is 1.67. The minimum atomic E-state index is -0.0622. The zero-order chi connectivity index (χ0) is 21.1. The molecule has 0 amide bonds. The molecule has 148 valence electrons. The second kappa shape index (κ2) is 8.70. The maximum Gasteiger partial charge on any atom is 0.263 e. The lowest BCUT2D eigenvalue weighted by atomic mass is 10.1. The molecule has 0 aliphatic rings. The number of benzene rings is 2. The highest BCUT2D eigenvalue weighted by molar-refractivity contribution is 7.98. The van der Waals surface area contributed by atoms with Crippen molar-refractivity contribution in [3.63, 3.8) is 0 Å². The molecule has 0 spiro atoms. The monoisotopic (exact) mass is 429 g/mol. The molecular weight excluding hydrogens is 410 g/mol. The Bertz CT molecular complexity index is 1330. The number of aromatic nitrogens is 2. The average Bonchev–Trinajstić information content (AvgIpc) is 3.19. The van der Waals surface area contributed by atoms with Crippen molar-refractivity contribution < 1.29 is 0 Å². The van der Waals surface area contributed by atoms with Gasteiger partial charge in [-0.25, -0.2) is 4.98 Å². The first kappa shape index (κ1) is 20.1. The topological polar surface area (TPSA) is 58.7 Å². The molecule has 2 heterocycles. The second-order valence-electron chi connectivity index (χ2n) is 6.85. The number of hydrogen-bond donors (Lipinski definition) is 0. The molecule has 0 radical (unpaired) electrons. The molecule has 0 unspecified atom stereocenters. The van der Waals surface area contributed by atoms with Crippen LogP contribution in [0, 0.1) is 18.3 Å². The third kappa shape index (κ3) is 3.82. The zero-order valence-electron chi connectivity index (χ0n) is 16.5. The lowest BCUT2D eigenvalue weighted by molar-refractivity contribution is 0.673. The summed E-state index contributed by atoms with van der Waals surface area (Å²) in [7, 11) is 0. The second-order valence-corrected chi connectivity index (χ2v) is 8.65. The highest BCUT2D eigenvalue weighted by Crippen LogP contribution is 2.33. The van der Waals surface area contributed by atoms with Crippen LogP contribution in [-0.4, -0.2) is 9.55 Å². The quantitative estimate of drug-likeness (QED) is 0.221. The maximum absolute atomic E-state index is 13.4. The van der Waals surface area contributed by atoms with Crippen molar-refractivity contribution >= 4 is 33.3 Å². The van der Waals surface area contributed by atoms with Gasteiger partial charge in [0.15, 0.2) is 5.16 Å². The van der Waals surface area contributed by atoms with Crippen molar-refractivity contribution in [1.29, 1.82) is 5.26 Å². The smallest absolute Gasteiger partial charge is 0.263 e. The average molecular weight is 430 g/mol. The Balaban J connectivity index is 1.78. The van der Waals surface area contributed by atoms with E-state index >= 15 is 0 Å². The molecule has 0 fully saturated rings. The van der Waals surface area contributed by atoms with E-state index in [2.05, 4.69) is 12.6 Å². The molecule has 30 heavy (non-hydrogen) atoms. The molecule has 0 bridgehead atoms. The van der Waals surface area contributed by atoms with Gasteiger partial charge >= 0.3 is 0 Å². The van der Waals surface area contributed by atoms with Gasteiger partial charge in [-0.05, 0) is 24.1 Å². The Morgan fingerprint density at radius 3 is 2.73 bits per heavy atom. The summed E-state index contributed by atoms with van der Waals surface area (Å²) in [6.07, 6.45) is 1.71. The van der Waals surface area contributed by atoms with Crippen molar-refractivity contribution in [3.05, 3.63) is 93.6 Å². The highest BCUT2D eigenvalue weighted by Gasteiger charge is 2.17. The Labute approximate surface area is 183 Å². The Morgan fingerprint density at radius 2 is 2.00 bits per heavy atom. The number of allylic oxidation sites excluding steroid dienone is 1. The van der Waals surface area contributed by atoms with E-state index in [9.17, 15) is 10.1 Å². The van der Waals surface area contributed by atoms with Crippen LogP contribution in [0.1, 0.15) is 16.7 Å². The minimum Gasteiger partial charge on any atom is -0.283 e. The molecule has 4 nitrogen and oxygen atoms in total. The van der Waals surface area contributed by atoms with Gasteiger partial charge in [-0.2, -0.15) is 5.26 Å². The summed E-state index contributed by atoms with van der Waals surface area (Å²) in [6, 6.07) is 17.9. The lowest BCUT2D eigenvalue weighted by Crippen LogP contribution is -2.22. The summed E-state index contributed by atoms with van der Waals surface area (Å²) in [4.78, 5) is 18.9. The van der Waals surface area contributed by atoms with Gasteiger partial charge in [0.1, 0.15) is 4.83 Å². The number of rotatable bonds is 6. The summed E-state index contributed by atoms with van der Waals surface area (Å²) in [5.74, 6) is 0.565.